The van der Waals surface area contributed by atoms with Gasteiger partial charge in [-0.15, -0.1) is 0 Å². The second-order valence-electron chi connectivity index (χ2n) is 6.18. The van der Waals surface area contributed by atoms with Crippen molar-refractivity contribution in [2.24, 2.45) is 0 Å². The zero-order valence-electron chi connectivity index (χ0n) is 14.6. The van der Waals surface area contributed by atoms with E-state index < -0.39 is 17.0 Å². The molecule has 0 N–H and O–H groups in total. The number of nitrogens with zero attached hydrogens (tertiary/aromatic N) is 1. The Morgan fingerprint density at radius 3 is 2.46 bits per heavy atom. The van der Waals surface area contributed by atoms with Crippen LogP contribution in [0.4, 0.5) is 4.79 Å². The number of hydrogen-bond acceptors (Lipinski definition) is 4. The second kappa shape index (κ2) is 7.91. The van der Waals surface area contributed by atoms with Gasteiger partial charge in [-0.3, -0.25) is 4.79 Å². The number of hydrogen-bond donors (Lipinski definition) is 0. The molecule has 3 atom stereocenters. The van der Waals surface area contributed by atoms with Crippen LogP contribution in [0.5, 0.6) is 5.75 Å². The summed E-state index contributed by atoms with van der Waals surface area (Å²) >= 11 is 3.49. The minimum Gasteiger partial charge on any atom is -0.497 e. The molecule has 1 aliphatic rings. The van der Waals surface area contributed by atoms with Gasteiger partial charge in [-0.1, -0.05) is 65.3 Å². The Kier molecular flexibility index (Phi) is 5.61. The normalized spacial score (nSPS) is 19.0. The van der Waals surface area contributed by atoms with Gasteiger partial charge < -0.3 is 9.47 Å². The Bertz CT molecular complexity index is 778. The van der Waals surface area contributed by atoms with Crippen LogP contribution in [-0.2, 0) is 9.53 Å². The summed E-state index contributed by atoms with van der Waals surface area (Å²) in [7, 11) is 1.61. The third kappa shape index (κ3) is 3.60. The van der Waals surface area contributed by atoms with Gasteiger partial charge in [-0.25, -0.2) is 9.69 Å². The summed E-state index contributed by atoms with van der Waals surface area (Å²) in [6.45, 7) is 2.11. The number of rotatable bonds is 5. The first-order chi connectivity index (χ1) is 12.5. The van der Waals surface area contributed by atoms with Crippen molar-refractivity contribution in [2.45, 2.75) is 23.7 Å². The van der Waals surface area contributed by atoms with Gasteiger partial charge in [0.2, 0.25) is 5.91 Å². The average molecular weight is 418 g/mol. The zero-order valence-corrected chi connectivity index (χ0v) is 16.2. The molecule has 0 saturated carbocycles. The fraction of sp³-hybridized carbons (Fsp3) is 0.300. The molecule has 26 heavy (non-hydrogen) atoms. The molecular weight excluding hydrogens is 398 g/mol. The highest BCUT2D eigenvalue weighted by Crippen LogP contribution is 2.33. The van der Waals surface area contributed by atoms with E-state index >= 15 is 0 Å². The van der Waals surface area contributed by atoms with Crippen LogP contribution < -0.4 is 4.74 Å². The summed E-state index contributed by atoms with van der Waals surface area (Å²) in [5.41, 5.74) is 1.85. The molecule has 2 aromatic carbocycles. The van der Waals surface area contributed by atoms with Gasteiger partial charge >= 0.3 is 6.09 Å². The lowest BCUT2D eigenvalue weighted by Gasteiger charge is -2.25. The first kappa shape index (κ1) is 18.5. The maximum Gasteiger partial charge on any atom is 0.417 e. The largest absolute Gasteiger partial charge is 0.497 e. The fourth-order valence-corrected chi connectivity index (χ4v) is 3.53. The van der Waals surface area contributed by atoms with Crippen LogP contribution in [0.2, 0.25) is 0 Å². The summed E-state index contributed by atoms with van der Waals surface area (Å²) in [5, 5.41) is 0. The molecule has 2 amide bonds. The number of carbonyl (C=O) groups is 2. The molecule has 1 heterocycles. The van der Waals surface area contributed by atoms with Gasteiger partial charge in [0, 0.05) is 5.92 Å². The number of imide groups is 1. The van der Waals surface area contributed by atoms with Gasteiger partial charge in [0.1, 0.15) is 23.2 Å². The Hall–Kier alpha value is -2.34. The Labute approximate surface area is 161 Å². The van der Waals surface area contributed by atoms with Crippen LogP contribution >= 0.6 is 15.9 Å². The number of alkyl halides is 1. The van der Waals surface area contributed by atoms with Crippen molar-refractivity contribution in [3.63, 3.8) is 0 Å². The highest BCUT2D eigenvalue weighted by molar-refractivity contribution is 9.10. The molecule has 6 heteroatoms. The molecule has 0 aliphatic carbocycles. The van der Waals surface area contributed by atoms with E-state index in [9.17, 15) is 9.59 Å². The first-order valence-corrected chi connectivity index (χ1v) is 9.27. The van der Waals surface area contributed by atoms with Gasteiger partial charge in [0.25, 0.3) is 0 Å². The maximum atomic E-state index is 13.0. The van der Waals surface area contributed by atoms with Crippen LogP contribution in [0, 0.1) is 0 Å². The lowest BCUT2D eigenvalue weighted by atomic mass is 9.96. The third-order valence-corrected chi connectivity index (χ3v) is 5.80. The predicted octanol–water partition coefficient (Wildman–Crippen LogP) is 4.28. The maximum absolute atomic E-state index is 13.0. The van der Waals surface area contributed by atoms with Gasteiger partial charge in [-0.2, -0.15) is 0 Å². The van der Waals surface area contributed by atoms with E-state index in [4.69, 9.17) is 9.47 Å². The second-order valence-corrected chi connectivity index (χ2v) is 7.16. The Balaban J connectivity index is 1.80. The molecule has 136 valence electrons. The van der Waals surface area contributed by atoms with E-state index in [1.165, 1.54) is 4.90 Å². The molecule has 5 nitrogen and oxygen atoms in total. The van der Waals surface area contributed by atoms with Crippen LogP contribution in [0.1, 0.15) is 30.0 Å². The average Bonchev–Trinajstić information content (AvgIpc) is 3.08. The summed E-state index contributed by atoms with van der Waals surface area (Å²) < 4.78 is 10.3. The van der Waals surface area contributed by atoms with Gasteiger partial charge in [0.05, 0.1) is 7.11 Å². The van der Waals surface area contributed by atoms with E-state index in [0.29, 0.717) is 0 Å². The number of benzene rings is 2. The highest BCUT2D eigenvalue weighted by Gasteiger charge is 2.42. The number of cyclic esters (lactones) is 1. The van der Waals surface area contributed by atoms with E-state index in [2.05, 4.69) is 15.9 Å². The fourth-order valence-electron chi connectivity index (χ4n) is 3.01. The van der Waals surface area contributed by atoms with Crippen molar-refractivity contribution in [1.82, 2.24) is 4.90 Å². The number of halogens is 1. The third-order valence-electron chi connectivity index (χ3n) is 4.61. The van der Waals surface area contributed by atoms with Crippen molar-refractivity contribution < 1.29 is 19.1 Å². The monoisotopic (exact) mass is 417 g/mol. The van der Waals surface area contributed by atoms with Crippen LogP contribution in [0.15, 0.2) is 54.6 Å². The van der Waals surface area contributed by atoms with Crippen LogP contribution in [0.25, 0.3) is 0 Å². The molecule has 0 unspecified atom stereocenters. The lowest BCUT2D eigenvalue weighted by molar-refractivity contribution is -0.128. The number of amides is 2. The molecule has 1 aliphatic heterocycles. The quantitative estimate of drug-likeness (QED) is 0.681. The molecule has 1 fully saturated rings. The summed E-state index contributed by atoms with van der Waals surface area (Å²) in [6.07, 6.45) is -0.602. The standard InChI is InChI=1S/C20H20BrNO4/c1-13(14-8-10-16(25-2)11-9-14)18(21)19(23)22-17(12-26-20(22)24)15-6-4-3-5-7-15/h3-11,13,17-18H,12H2,1-2H3/t13-,17+,18-/m0/s1. The molecule has 0 radical (unpaired) electrons. The van der Waals surface area contributed by atoms with Crippen molar-refractivity contribution in [3.8, 4) is 5.75 Å². The Morgan fingerprint density at radius 2 is 1.85 bits per heavy atom. The summed E-state index contributed by atoms with van der Waals surface area (Å²) in [5.74, 6) is 0.327. The van der Waals surface area contributed by atoms with Crippen molar-refractivity contribution in [3.05, 3.63) is 65.7 Å². The predicted molar refractivity (Wildman–Crippen MR) is 102 cm³/mol. The van der Waals surface area contributed by atoms with E-state index in [1.54, 1.807) is 7.11 Å². The summed E-state index contributed by atoms with van der Waals surface area (Å²) in [4.78, 5) is 25.9. The van der Waals surface area contributed by atoms with E-state index in [0.717, 1.165) is 16.9 Å². The molecule has 0 spiro atoms. The topological polar surface area (TPSA) is 55.8 Å². The van der Waals surface area contributed by atoms with Crippen molar-refractivity contribution >= 4 is 27.9 Å². The zero-order chi connectivity index (χ0) is 18.7. The lowest BCUT2D eigenvalue weighted by Crippen LogP contribution is -2.40. The number of methoxy groups -OCH3 is 1. The Morgan fingerprint density at radius 1 is 1.19 bits per heavy atom. The molecule has 0 aromatic heterocycles. The number of ether oxygens (including phenoxy) is 2. The molecular formula is C20H20BrNO4. The minimum atomic E-state index is -0.602. The molecule has 0 bridgehead atoms. The number of carbonyl (C=O) groups excluding carboxylic acids is 2. The first-order valence-electron chi connectivity index (χ1n) is 8.35. The molecule has 1 saturated heterocycles. The SMILES string of the molecule is COc1ccc([C@H](C)[C@H](Br)C(=O)N2C(=O)OC[C@@H]2c2ccccc2)cc1. The smallest absolute Gasteiger partial charge is 0.417 e. The minimum absolute atomic E-state index is 0.127. The molecule has 3 rings (SSSR count). The van der Waals surface area contributed by atoms with Crippen molar-refractivity contribution in [1.29, 1.82) is 0 Å². The van der Waals surface area contributed by atoms with E-state index in [1.807, 2.05) is 61.5 Å². The van der Waals surface area contributed by atoms with Crippen molar-refractivity contribution in [2.75, 3.05) is 13.7 Å². The van der Waals surface area contributed by atoms with Crippen LogP contribution in [0.3, 0.4) is 0 Å². The highest BCUT2D eigenvalue weighted by atomic mass is 79.9. The van der Waals surface area contributed by atoms with E-state index in [-0.39, 0.29) is 18.4 Å². The molecule has 2 aromatic rings. The van der Waals surface area contributed by atoms with Gasteiger partial charge in [0.15, 0.2) is 0 Å². The van der Waals surface area contributed by atoms with Gasteiger partial charge in [-0.05, 0) is 23.3 Å². The summed E-state index contributed by atoms with van der Waals surface area (Å²) in [6, 6.07) is 16.6. The van der Waals surface area contributed by atoms with Crippen LogP contribution in [-0.4, -0.2) is 35.4 Å².